The Bertz CT molecular complexity index is 361. The maximum Gasteiger partial charge on any atom is 0.136 e. The van der Waals surface area contributed by atoms with E-state index in [-0.39, 0.29) is 0 Å². The molecular formula is C10H15N3S2. The average Bonchev–Trinajstić information content (AvgIpc) is 2.76. The van der Waals surface area contributed by atoms with Crippen LogP contribution in [0.2, 0.25) is 0 Å². The van der Waals surface area contributed by atoms with Gasteiger partial charge in [0.2, 0.25) is 0 Å². The van der Waals surface area contributed by atoms with E-state index in [0.717, 1.165) is 23.0 Å². The van der Waals surface area contributed by atoms with Crippen LogP contribution >= 0.6 is 24.0 Å². The summed E-state index contributed by atoms with van der Waals surface area (Å²) in [6.07, 6.45) is 4.84. The molecule has 0 amide bonds. The number of hydrogen-bond acceptors (Lipinski definition) is 3. The van der Waals surface area contributed by atoms with Crippen molar-refractivity contribution >= 4 is 28.3 Å². The van der Waals surface area contributed by atoms with E-state index in [2.05, 4.69) is 21.4 Å². The highest BCUT2D eigenvalue weighted by atomic mass is 32.2. The molecule has 2 heterocycles. The molecule has 1 aromatic heterocycles. The fourth-order valence-corrected chi connectivity index (χ4v) is 3.43. The van der Waals surface area contributed by atoms with E-state index in [4.69, 9.17) is 12.2 Å². The minimum Gasteiger partial charge on any atom is -0.354 e. The summed E-state index contributed by atoms with van der Waals surface area (Å²) in [6, 6.07) is 0.544. The van der Waals surface area contributed by atoms with E-state index >= 15 is 0 Å². The van der Waals surface area contributed by atoms with Crippen LogP contribution in [-0.2, 0) is 13.5 Å². The van der Waals surface area contributed by atoms with Crippen molar-refractivity contribution in [2.75, 3.05) is 12.3 Å². The molecule has 1 aliphatic heterocycles. The highest BCUT2D eigenvalue weighted by Crippen LogP contribution is 2.26. The molecule has 0 spiro atoms. The Balaban J connectivity index is 2.06. The number of thiocarbonyl (C=S) groups is 1. The Labute approximate surface area is 99.9 Å². The number of likely N-dealkylation sites (N-methyl/N-ethyl adjacent to an activating group) is 1. The Hall–Kier alpha value is -0.550. The van der Waals surface area contributed by atoms with Crippen LogP contribution in [-0.4, -0.2) is 37.1 Å². The molecule has 3 nitrogen and oxygen atoms in total. The second-order valence-corrected chi connectivity index (χ2v) is 5.37. The first kappa shape index (κ1) is 11.0. The number of aromatic nitrogens is 2. The number of rotatable bonds is 3. The Morgan fingerprint density at radius 3 is 3.07 bits per heavy atom. The first-order valence-corrected chi connectivity index (χ1v) is 6.50. The van der Waals surface area contributed by atoms with Crippen LogP contribution in [0, 0.1) is 0 Å². The molecule has 2 rings (SSSR count). The molecule has 0 radical (unpaired) electrons. The third-order valence-corrected chi connectivity index (χ3v) is 4.40. The van der Waals surface area contributed by atoms with Gasteiger partial charge in [-0.2, -0.15) is 0 Å². The van der Waals surface area contributed by atoms with Gasteiger partial charge in [-0.25, -0.2) is 4.98 Å². The first-order chi connectivity index (χ1) is 7.22. The first-order valence-electron chi connectivity index (χ1n) is 5.11. The summed E-state index contributed by atoms with van der Waals surface area (Å²) in [5.74, 6) is 1.11. The zero-order valence-electron chi connectivity index (χ0n) is 9.01. The van der Waals surface area contributed by atoms with Gasteiger partial charge in [-0.3, -0.25) is 0 Å². The van der Waals surface area contributed by atoms with Crippen LogP contribution in [0.15, 0.2) is 12.5 Å². The van der Waals surface area contributed by atoms with E-state index in [1.54, 1.807) is 11.8 Å². The molecule has 15 heavy (non-hydrogen) atoms. The molecular weight excluding hydrogens is 226 g/mol. The number of nitrogens with zero attached hydrogens (tertiary/aromatic N) is 3. The molecule has 0 saturated carbocycles. The lowest BCUT2D eigenvalue weighted by atomic mass is 10.1. The SMILES string of the molecule is CCN1C(=S)SC[C@@H]1Cc1cncn1C. The minimum absolute atomic E-state index is 0.544. The predicted octanol–water partition coefficient (Wildman–Crippen LogP) is 1.68. The fraction of sp³-hybridized carbons (Fsp3) is 0.600. The molecule has 1 aliphatic rings. The molecule has 0 aliphatic carbocycles. The van der Waals surface area contributed by atoms with Gasteiger partial charge < -0.3 is 9.47 Å². The van der Waals surface area contributed by atoms with Gasteiger partial charge in [0.15, 0.2) is 0 Å². The van der Waals surface area contributed by atoms with Crippen molar-refractivity contribution in [2.45, 2.75) is 19.4 Å². The topological polar surface area (TPSA) is 21.1 Å². The normalized spacial score (nSPS) is 21.3. The van der Waals surface area contributed by atoms with Crippen molar-refractivity contribution in [2.24, 2.45) is 7.05 Å². The van der Waals surface area contributed by atoms with Crippen molar-refractivity contribution < 1.29 is 0 Å². The molecule has 1 aromatic rings. The second kappa shape index (κ2) is 4.53. The van der Waals surface area contributed by atoms with Crippen LogP contribution in [0.4, 0.5) is 0 Å². The van der Waals surface area contributed by atoms with Gasteiger partial charge in [0.25, 0.3) is 0 Å². The van der Waals surface area contributed by atoms with Crippen molar-refractivity contribution in [3.8, 4) is 0 Å². The third-order valence-electron chi connectivity index (χ3n) is 2.78. The van der Waals surface area contributed by atoms with Gasteiger partial charge in [-0.15, -0.1) is 0 Å². The summed E-state index contributed by atoms with van der Waals surface area (Å²) < 4.78 is 3.13. The Morgan fingerprint density at radius 2 is 2.47 bits per heavy atom. The highest BCUT2D eigenvalue weighted by molar-refractivity contribution is 8.23. The zero-order valence-corrected chi connectivity index (χ0v) is 10.6. The monoisotopic (exact) mass is 241 g/mol. The van der Waals surface area contributed by atoms with Crippen LogP contribution < -0.4 is 0 Å². The van der Waals surface area contributed by atoms with Crippen LogP contribution in [0.5, 0.6) is 0 Å². The molecule has 1 fully saturated rings. The number of hydrogen-bond donors (Lipinski definition) is 0. The summed E-state index contributed by atoms with van der Waals surface area (Å²) in [6.45, 7) is 3.17. The maximum atomic E-state index is 5.31. The minimum atomic E-state index is 0.544. The van der Waals surface area contributed by atoms with Gasteiger partial charge in [-0.05, 0) is 6.92 Å². The lowest BCUT2D eigenvalue weighted by molar-refractivity contribution is 0.364. The fourth-order valence-electron chi connectivity index (χ4n) is 1.87. The van der Waals surface area contributed by atoms with E-state index in [1.165, 1.54) is 5.69 Å². The van der Waals surface area contributed by atoms with Crippen LogP contribution in [0.1, 0.15) is 12.6 Å². The smallest absolute Gasteiger partial charge is 0.136 e. The highest BCUT2D eigenvalue weighted by Gasteiger charge is 2.28. The number of thioether (sulfide) groups is 1. The lowest BCUT2D eigenvalue weighted by Gasteiger charge is -2.23. The molecule has 0 bridgehead atoms. The van der Waals surface area contributed by atoms with Crippen LogP contribution in [0.25, 0.3) is 0 Å². The van der Waals surface area contributed by atoms with Crippen molar-refractivity contribution in [3.63, 3.8) is 0 Å². The summed E-state index contributed by atoms with van der Waals surface area (Å²) in [5.41, 5.74) is 1.28. The molecule has 82 valence electrons. The van der Waals surface area contributed by atoms with E-state index < -0.39 is 0 Å². The van der Waals surface area contributed by atoms with Gasteiger partial charge in [0.1, 0.15) is 4.32 Å². The van der Waals surface area contributed by atoms with E-state index in [0.29, 0.717) is 6.04 Å². The molecule has 0 N–H and O–H groups in total. The van der Waals surface area contributed by atoms with Gasteiger partial charge in [0.05, 0.1) is 6.33 Å². The quantitative estimate of drug-likeness (QED) is 0.750. The molecule has 0 unspecified atom stereocenters. The summed E-state index contributed by atoms with van der Waals surface area (Å²) in [5, 5.41) is 0. The molecule has 0 aromatic carbocycles. The second-order valence-electron chi connectivity index (χ2n) is 3.72. The average molecular weight is 241 g/mol. The van der Waals surface area contributed by atoms with Gasteiger partial charge in [-0.1, -0.05) is 24.0 Å². The van der Waals surface area contributed by atoms with Gasteiger partial charge >= 0.3 is 0 Å². The molecule has 5 heteroatoms. The van der Waals surface area contributed by atoms with Crippen molar-refractivity contribution in [1.82, 2.24) is 14.5 Å². The maximum absolute atomic E-state index is 5.31. The summed E-state index contributed by atoms with van der Waals surface area (Å²) in [7, 11) is 2.04. The summed E-state index contributed by atoms with van der Waals surface area (Å²) in [4.78, 5) is 6.45. The largest absolute Gasteiger partial charge is 0.354 e. The van der Waals surface area contributed by atoms with Gasteiger partial charge in [0, 0.05) is 43.7 Å². The van der Waals surface area contributed by atoms with E-state index in [9.17, 15) is 0 Å². The Kier molecular flexibility index (Phi) is 3.31. The van der Waals surface area contributed by atoms with Crippen molar-refractivity contribution in [3.05, 3.63) is 18.2 Å². The third kappa shape index (κ3) is 2.18. The predicted molar refractivity (Wildman–Crippen MR) is 68.1 cm³/mol. The van der Waals surface area contributed by atoms with E-state index in [1.807, 2.05) is 19.6 Å². The van der Waals surface area contributed by atoms with Crippen LogP contribution in [0.3, 0.4) is 0 Å². The molecule has 1 saturated heterocycles. The standard InChI is InChI=1S/C10H15N3S2/c1-3-13-9(6-15-10(13)14)4-8-5-11-7-12(8)2/h5,7,9H,3-4,6H2,1-2H3/t9-/m0/s1. The number of aryl methyl sites for hydroxylation is 1. The number of imidazole rings is 1. The van der Waals surface area contributed by atoms with Crippen molar-refractivity contribution in [1.29, 1.82) is 0 Å². The zero-order chi connectivity index (χ0) is 10.8. The lowest BCUT2D eigenvalue weighted by Crippen LogP contribution is -2.34. The Morgan fingerprint density at radius 1 is 1.67 bits per heavy atom. The molecule has 1 atom stereocenters. The summed E-state index contributed by atoms with van der Waals surface area (Å²) >= 11 is 7.11.